The van der Waals surface area contributed by atoms with E-state index in [4.69, 9.17) is 4.74 Å². The standard InChI is InChI=1S/C18H25NOS/c1-17(2,3)13-8-12(15-10-21-11-19-15)9-14(16(13)20-7)18(4,5)6/h8-11H,1-7H3. The van der Waals surface area contributed by atoms with Gasteiger partial charge in [-0.2, -0.15) is 0 Å². The predicted molar refractivity (Wildman–Crippen MR) is 91.5 cm³/mol. The Hall–Kier alpha value is -1.35. The summed E-state index contributed by atoms with van der Waals surface area (Å²) in [4.78, 5) is 4.47. The molecule has 0 radical (unpaired) electrons. The third-order valence-electron chi connectivity index (χ3n) is 3.64. The zero-order valence-corrected chi connectivity index (χ0v) is 14.9. The summed E-state index contributed by atoms with van der Waals surface area (Å²) in [7, 11) is 1.77. The Labute approximate surface area is 132 Å². The van der Waals surface area contributed by atoms with E-state index in [1.807, 2.05) is 5.51 Å². The first-order valence-electron chi connectivity index (χ1n) is 7.26. The van der Waals surface area contributed by atoms with E-state index < -0.39 is 0 Å². The maximum atomic E-state index is 5.78. The number of aromatic nitrogens is 1. The van der Waals surface area contributed by atoms with Gasteiger partial charge in [0.2, 0.25) is 0 Å². The summed E-state index contributed by atoms with van der Waals surface area (Å²) in [6.45, 7) is 13.3. The monoisotopic (exact) mass is 303 g/mol. The number of rotatable bonds is 2. The zero-order chi connectivity index (χ0) is 15.8. The molecule has 0 atom stereocenters. The number of hydrogen-bond donors (Lipinski definition) is 0. The highest BCUT2D eigenvalue weighted by molar-refractivity contribution is 7.07. The van der Waals surface area contributed by atoms with Crippen LogP contribution in [0.3, 0.4) is 0 Å². The van der Waals surface area contributed by atoms with Gasteiger partial charge in [0.25, 0.3) is 0 Å². The molecule has 0 saturated carbocycles. The summed E-state index contributed by atoms with van der Waals surface area (Å²) in [5.41, 5.74) is 6.62. The molecule has 0 unspecified atom stereocenters. The third-order valence-corrected chi connectivity index (χ3v) is 4.22. The summed E-state index contributed by atoms with van der Waals surface area (Å²) >= 11 is 1.63. The van der Waals surface area contributed by atoms with Gasteiger partial charge in [-0.25, -0.2) is 4.98 Å². The average Bonchev–Trinajstić information content (AvgIpc) is 2.88. The van der Waals surface area contributed by atoms with Gasteiger partial charge >= 0.3 is 0 Å². The molecule has 0 spiro atoms. The van der Waals surface area contributed by atoms with Crippen molar-refractivity contribution in [3.8, 4) is 17.0 Å². The lowest BCUT2D eigenvalue weighted by molar-refractivity contribution is 0.381. The Morgan fingerprint density at radius 2 is 1.48 bits per heavy atom. The van der Waals surface area contributed by atoms with Crippen molar-refractivity contribution in [2.24, 2.45) is 0 Å². The molecule has 0 N–H and O–H groups in total. The summed E-state index contributed by atoms with van der Waals surface area (Å²) in [5.74, 6) is 1.01. The van der Waals surface area contributed by atoms with Crippen LogP contribution in [0.1, 0.15) is 52.7 Å². The fourth-order valence-electron chi connectivity index (χ4n) is 2.47. The quantitative estimate of drug-likeness (QED) is 0.739. The number of hydrogen-bond acceptors (Lipinski definition) is 3. The van der Waals surface area contributed by atoms with Crippen LogP contribution in [0.25, 0.3) is 11.3 Å². The Kier molecular flexibility index (Phi) is 4.16. The second-order valence-electron chi connectivity index (χ2n) is 7.48. The number of benzene rings is 1. The molecule has 1 aromatic heterocycles. The van der Waals surface area contributed by atoms with Crippen LogP contribution in [0.15, 0.2) is 23.0 Å². The van der Waals surface area contributed by atoms with Crippen LogP contribution in [0.2, 0.25) is 0 Å². The lowest BCUT2D eigenvalue weighted by atomic mass is 9.78. The third kappa shape index (κ3) is 3.29. The first-order valence-corrected chi connectivity index (χ1v) is 8.20. The lowest BCUT2D eigenvalue weighted by Crippen LogP contribution is -2.19. The van der Waals surface area contributed by atoms with Gasteiger partial charge in [-0.05, 0) is 23.0 Å². The normalized spacial score (nSPS) is 12.5. The molecule has 1 aromatic carbocycles. The van der Waals surface area contributed by atoms with Gasteiger partial charge in [0.05, 0.1) is 18.3 Å². The number of ether oxygens (including phenoxy) is 1. The van der Waals surface area contributed by atoms with Crippen LogP contribution in [0, 0.1) is 0 Å². The van der Waals surface area contributed by atoms with Crippen molar-refractivity contribution in [3.05, 3.63) is 34.2 Å². The average molecular weight is 303 g/mol. The SMILES string of the molecule is COc1c(C(C)(C)C)cc(-c2cscn2)cc1C(C)(C)C. The van der Waals surface area contributed by atoms with E-state index in [2.05, 4.69) is 64.0 Å². The minimum absolute atomic E-state index is 0.0252. The smallest absolute Gasteiger partial charge is 0.126 e. The molecule has 0 bridgehead atoms. The summed E-state index contributed by atoms with van der Waals surface area (Å²) in [6.07, 6.45) is 0. The van der Waals surface area contributed by atoms with Crippen molar-refractivity contribution in [1.29, 1.82) is 0 Å². The zero-order valence-electron chi connectivity index (χ0n) is 14.1. The first kappa shape index (κ1) is 16.0. The van der Waals surface area contributed by atoms with Gasteiger partial charge in [0.15, 0.2) is 0 Å². The lowest BCUT2D eigenvalue weighted by Gasteiger charge is -2.29. The molecule has 114 valence electrons. The molecule has 0 aliphatic heterocycles. The highest BCUT2D eigenvalue weighted by atomic mass is 32.1. The summed E-state index contributed by atoms with van der Waals surface area (Å²) < 4.78 is 5.78. The van der Waals surface area contributed by atoms with Crippen LogP contribution in [-0.4, -0.2) is 12.1 Å². The minimum Gasteiger partial charge on any atom is -0.496 e. The molecule has 0 aliphatic carbocycles. The van der Waals surface area contributed by atoms with E-state index in [0.717, 1.165) is 11.4 Å². The summed E-state index contributed by atoms with van der Waals surface area (Å²) in [6, 6.07) is 4.45. The van der Waals surface area contributed by atoms with Crippen molar-refractivity contribution in [2.75, 3.05) is 7.11 Å². The van der Waals surface area contributed by atoms with Crippen LogP contribution in [0.5, 0.6) is 5.75 Å². The largest absolute Gasteiger partial charge is 0.496 e. The fourth-order valence-corrected chi connectivity index (χ4v) is 3.03. The Morgan fingerprint density at radius 1 is 0.952 bits per heavy atom. The molecule has 2 rings (SSSR count). The van der Waals surface area contributed by atoms with Crippen LogP contribution >= 0.6 is 11.3 Å². The van der Waals surface area contributed by atoms with Crippen LogP contribution in [-0.2, 0) is 10.8 Å². The van der Waals surface area contributed by atoms with Gasteiger partial charge < -0.3 is 4.74 Å². The molecule has 2 aromatic rings. The number of thiazole rings is 1. The molecule has 2 nitrogen and oxygen atoms in total. The van der Waals surface area contributed by atoms with E-state index >= 15 is 0 Å². The van der Waals surface area contributed by atoms with E-state index in [-0.39, 0.29) is 10.8 Å². The second kappa shape index (κ2) is 5.45. The predicted octanol–water partition coefficient (Wildman–Crippen LogP) is 5.41. The molecule has 0 fully saturated rings. The number of nitrogens with zero attached hydrogens (tertiary/aromatic N) is 1. The second-order valence-corrected chi connectivity index (χ2v) is 8.20. The van der Waals surface area contributed by atoms with E-state index in [1.165, 1.54) is 16.7 Å². The van der Waals surface area contributed by atoms with E-state index in [9.17, 15) is 0 Å². The Balaban J connectivity index is 2.78. The van der Waals surface area contributed by atoms with E-state index in [1.54, 1.807) is 18.4 Å². The molecule has 0 amide bonds. The van der Waals surface area contributed by atoms with Crippen molar-refractivity contribution in [3.63, 3.8) is 0 Å². The topological polar surface area (TPSA) is 22.1 Å². The fraction of sp³-hybridized carbons (Fsp3) is 0.500. The molecule has 21 heavy (non-hydrogen) atoms. The van der Waals surface area contributed by atoms with E-state index in [0.29, 0.717) is 0 Å². The maximum absolute atomic E-state index is 5.78. The summed E-state index contributed by atoms with van der Waals surface area (Å²) in [5, 5.41) is 2.10. The van der Waals surface area contributed by atoms with Gasteiger partial charge in [0.1, 0.15) is 5.75 Å². The molecular weight excluding hydrogens is 278 g/mol. The molecular formula is C18H25NOS. The van der Waals surface area contributed by atoms with Gasteiger partial charge in [-0.3, -0.25) is 0 Å². The minimum atomic E-state index is 0.0252. The van der Waals surface area contributed by atoms with Gasteiger partial charge in [0, 0.05) is 22.1 Å². The van der Waals surface area contributed by atoms with Crippen LogP contribution < -0.4 is 4.74 Å². The Bertz CT molecular complexity index is 581. The van der Waals surface area contributed by atoms with Crippen molar-refractivity contribution >= 4 is 11.3 Å². The van der Waals surface area contributed by atoms with Crippen LogP contribution in [0.4, 0.5) is 0 Å². The molecule has 3 heteroatoms. The van der Waals surface area contributed by atoms with Crippen molar-refractivity contribution in [1.82, 2.24) is 4.98 Å². The highest BCUT2D eigenvalue weighted by Gasteiger charge is 2.27. The van der Waals surface area contributed by atoms with Crippen molar-refractivity contribution in [2.45, 2.75) is 52.4 Å². The molecule has 0 aliphatic rings. The maximum Gasteiger partial charge on any atom is 0.126 e. The van der Waals surface area contributed by atoms with Crippen molar-refractivity contribution < 1.29 is 4.74 Å². The first-order chi connectivity index (χ1) is 9.64. The highest BCUT2D eigenvalue weighted by Crippen LogP contribution is 2.42. The molecule has 1 heterocycles. The molecule has 0 saturated heterocycles. The van der Waals surface area contributed by atoms with Gasteiger partial charge in [-0.15, -0.1) is 11.3 Å². The number of methoxy groups -OCH3 is 1. The Morgan fingerprint density at radius 3 is 1.81 bits per heavy atom. The van der Waals surface area contributed by atoms with Gasteiger partial charge in [-0.1, -0.05) is 41.5 Å².